The molecule has 2 rings (SSSR count). The zero-order valence-corrected chi connectivity index (χ0v) is 12.5. The lowest BCUT2D eigenvalue weighted by Gasteiger charge is -2.12. The summed E-state index contributed by atoms with van der Waals surface area (Å²) in [6.07, 6.45) is 2.28. The van der Waals surface area contributed by atoms with Crippen LogP contribution in [0.5, 0.6) is 0 Å². The predicted octanol–water partition coefficient (Wildman–Crippen LogP) is 3.06. The van der Waals surface area contributed by atoms with Crippen LogP contribution in [0.4, 0.5) is 0 Å². The van der Waals surface area contributed by atoms with Crippen molar-refractivity contribution in [3.63, 3.8) is 0 Å². The van der Waals surface area contributed by atoms with Crippen molar-refractivity contribution < 1.29 is 14.3 Å². The fraction of sp³-hybridized carbons (Fsp3) is 0.429. The van der Waals surface area contributed by atoms with Crippen LogP contribution in [0.15, 0.2) is 18.2 Å². The second-order valence-corrected chi connectivity index (χ2v) is 5.80. The van der Waals surface area contributed by atoms with E-state index in [0.717, 1.165) is 12.8 Å². The molecule has 0 heterocycles. The summed E-state index contributed by atoms with van der Waals surface area (Å²) in [7, 11) is 0. The Labute approximate surface area is 127 Å². The summed E-state index contributed by atoms with van der Waals surface area (Å²) in [5, 5.41) is 3.49. The molecule has 0 unspecified atom stereocenters. The van der Waals surface area contributed by atoms with Crippen LogP contribution < -0.4 is 5.32 Å². The average molecular weight is 316 g/mol. The Bertz CT molecular complexity index is 509. The number of esters is 1. The summed E-state index contributed by atoms with van der Waals surface area (Å²) in [5.74, 6) is -0.365. The lowest BCUT2D eigenvalue weighted by Crippen LogP contribution is -2.37. The van der Waals surface area contributed by atoms with Crippen molar-refractivity contribution in [1.82, 2.24) is 5.32 Å². The van der Waals surface area contributed by atoms with E-state index in [9.17, 15) is 9.59 Å². The monoisotopic (exact) mass is 315 g/mol. The van der Waals surface area contributed by atoms with Gasteiger partial charge in [0.05, 0.1) is 5.56 Å². The van der Waals surface area contributed by atoms with Gasteiger partial charge in [-0.15, -0.1) is 0 Å². The molecule has 1 saturated carbocycles. The van der Waals surface area contributed by atoms with E-state index in [0.29, 0.717) is 16.0 Å². The number of rotatable bonds is 5. The van der Waals surface area contributed by atoms with Gasteiger partial charge in [-0.2, -0.15) is 0 Å². The smallest absolute Gasteiger partial charge is 0.338 e. The molecule has 1 N–H and O–H groups in total. The highest BCUT2D eigenvalue weighted by molar-refractivity contribution is 6.35. The van der Waals surface area contributed by atoms with Gasteiger partial charge < -0.3 is 10.1 Å². The SMILES string of the molecule is C[C@H](NC(=O)COC(=O)c1cc(Cl)cc(Cl)c1)C1CC1. The van der Waals surface area contributed by atoms with Crippen molar-refractivity contribution in [2.45, 2.75) is 25.8 Å². The Hall–Kier alpha value is -1.26. The van der Waals surface area contributed by atoms with E-state index in [2.05, 4.69) is 5.32 Å². The highest BCUT2D eigenvalue weighted by Crippen LogP contribution is 2.32. The van der Waals surface area contributed by atoms with Gasteiger partial charge in [-0.25, -0.2) is 4.79 Å². The number of hydrogen-bond acceptors (Lipinski definition) is 3. The first kappa shape index (κ1) is 15.1. The first-order valence-corrected chi connectivity index (χ1v) is 7.14. The van der Waals surface area contributed by atoms with Gasteiger partial charge in [0.15, 0.2) is 6.61 Å². The van der Waals surface area contributed by atoms with Crippen LogP contribution in [0.2, 0.25) is 10.0 Å². The highest BCUT2D eigenvalue weighted by atomic mass is 35.5. The summed E-state index contributed by atoms with van der Waals surface area (Å²) in [4.78, 5) is 23.4. The summed E-state index contributed by atoms with van der Waals surface area (Å²) < 4.78 is 4.93. The molecule has 6 heteroatoms. The van der Waals surface area contributed by atoms with Crippen LogP contribution in [-0.2, 0) is 9.53 Å². The van der Waals surface area contributed by atoms with E-state index < -0.39 is 5.97 Å². The van der Waals surface area contributed by atoms with Gasteiger partial charge in [-0.1, -0.05) is 23.2 Å². The van der Waals surface area contributed by atoms with E-state index in [4.69, 9.17) is 27.9 Å². The van der Waals surface area contributed by atoms with E-state index in [-0.39, 0.29) is 24.1 Å². The second-order valence-electron chi connectivity index (χ2n) is 4.93. The van der Waals surface area contributed by atoms with Crippen LogP contribution in [0.1, 0.15) is 30.1 Å². The van der Waals surface area contributed by atoms with Gasteiger partial charge in [-0.05, 0) is 43.9 Å². The Kier molecular flexibility index (Phi) is 4.89. The van der Waals surface area contributed by atoms with Gasteiger partial charge in [0, 0.05) is 16.1 Å². The Morgan fingerprint density at radius 3 is 2.45 bits per heavy atom. The van der Waals surface area contributed by atoms with Crippen LogP contribution in [-0.4, -0.2) is 24.5 Å². The minimum atomic E-state index is -0.622. The number of carbonyl (C=O) groups is 2. The van der Waals surface area contributed by atoms with Crippen LogP contribution in [0.3, 0.4) is 0 Å². The minimum absolute atomic E-state index is 0.127. The molecule has 0 saturated heterocycles. The largest absolute Gasteiger partial charge is 0.452 e. The van der Waals surface area contributed by atoms with Crippen molar-refractivity contribution in [1.29, 1.82) is 0 Å². The maximum Gasteiger partial charge on any atom is 0.338 e. The summed E-state index contributed by atoms with van der Waals surface area (Å²) in [6, 6.07) is 4.53. The number of benzene rings is 1. The predicted molar refractivity (Wildman–Crippen MR) is 77.1 cm³/mol. The fourth-order valence-corrected chi connectivity index (χ4v) is 2.42. The normalized spacial score (nSPS) is 15.6. The lowest BCUT2D eigenvalue weighted by molar-refractivity contribution is -0.124. The maximum atomic E-state index is 11.8. The standard InChI is InChI=1S/C14H15Cl2NO3/c1-8(9-2-3-9)17-13(18)7-20-14(19)10-4-11(15)6-12(16)5-10/h4-6,8-9H,2-3,7H2,1H3,(H,17,18)/t8-/m0/s1. The van der Waals surface area contributed by atoms with Crippen molar-refractivity contribution >= 4 is 35.1 Å². The van der Waals surface area contributed by atoms with Crippen molar-refractivity contribution in [3.05, 3.63) is 33.8 Å². The molecule has 1 atom stereocenters. The van der Waals surface area contributed by atoms with Crippen molar-refractivity contribution in [2.75, 3.05) is 6.61 Å². The summed E-state index contributed by atoms with van der Waals surface area (Å²) in [5.41, 5.74) is 0.227. The number of carbonyl (C=O) groups excluding carboxylic acids is 2. The fourth-order valence-electron chi connectivity index (χ4n) is 1.90. The average Bonchev–Trinajstić information content (AvgIpc) is 3.18. The van der Waals surface area contributed by atoms with Gasteiger partial charge >= 0.3 is 5.97 Å². The van der Waals surface area contributed by atoms with Gasteiger partial charge in [0.1, 0.15) is 0 Å². The highest BCUT2D eigenvalue weighted by Gasteiger charge is 2.29. The Morgan fingerprint density at radius 1 is 1.30 bits per heavy atom. The number of halogens is 2. The molecule has 1 aromatic carbocycles. The minimum Gasteiger partial charge on any atom is -0.452 e. The van der Waals surface area contributed by atoms with Crippen LogP contribution in [0.25, 0.3) is 0 Å². The molecule has 1 fully saturated rings. The third kappa shape index (κ3) is 4.39. The third-order valence-corrected chi connectivity index (χ3v) is 3.59. The number of amides is 1. The van der Waals surface area contributed by atoms with Crippen molar-refractivity contribution in [2.24, 2.45) is 5.92 Å². The topological polar surface area (TPSA) is 55.4 Å². The molecule has 0 radical (unpaired) electrons. The molecule has 0 spiro atoms. The molecule has 0 aliphatic heterocycles. The van der Waals surface area contributed by atoms with Gasteiger partial charge in [0.25, 0.3) is 5.91 Å². The number of ether oxygens (including phenoxy) is 1. The maximum absolute atomic E-state index is 11.8. The van der Waals surface area contributed by atoms with E-state index in [1.54, 1.807) is 0 Å². The molecule has 1 amide bonds. The molecule has 108 valence electrons. The van der Waals surface area contributed by atoms with Gasteiger partial charge in [0.2, 0.25) is 0 Å². The van der Waals surface area contributed by atoms with Crippen LogP contribution >= 0.6 is 23.2 Å². The molecule has 20 heavy (non-hydrogen) atoms. The molecule has 1 aromatic rings. The molecule has 1 aliphatic carbocycles. The Morgan fingerprint density at radius 2 is 1.90 bits per heavy atom. The number of nitrogens with one attached hydrogen (secondary N) is 1. The van der Waals surface area contributed by atoms with E-state index in [1.165, 1.54) is 18.2 Å². The molecule has 0 bridgehead atoms. The first-order valence-electron chi connectivity index (χ1n) is 6.38. The summed E-state index contributed by atoms with van der Waals surface area (Å²) >= 11 is 11.6. The third-order valence-electron chi connectivity index (χ3n) is 3.15. The van der Waals surface area contributed by atoms with E-state index >= 15 is 0 Å². The lowest BCUT2D eigenvalue weighted by atomic mass is 10.2. The van der Waals surface area contributed by atoms with Crippen LogP contribution in [0, 0.1) is 5.92 Å². The van der Waals surface area contributed by atoms with E-state index in [1.807, 2.05) is 6.92 Å². The molecular formula is C14H15Cl2NO3. The molecule has 0 aromatic heterocycles. The molecule has 4 nitrogen and oxygen atoms in total. The molecular weight excluding hydrogens is 301 g/mol. The number of hydrogen-bond donors (Lipinski definition) is 1. The summed E-state index contributed by atoms with van der Waals surface area (Å²) in [6.45, 7) is 1.65. The van der Waals surface area contributed by atoms with Crippen molar-refractivity contribution in [3.8, 4) is 0 Å². The Balaban J connectivity index is 1.83. The zero-order chi connectivity index (χ0) is 14.7. The quantitative estimate of drug-likeness (QED) is 0.850. The first-order chi connectivity index (χ1) is 9.45. The molecule has 1 aliphatic rings. The zero-order valence-electron chi connectivity index (χ0n) is 11.0. The second kappa shape index (κ2) is 6.46. The van der Waals surface area contributed by atoms with Gasteiger partial charge in [-0.3, -0.25) is 4.79 Å².